The van der Waals surface area contributed by atoms with Crippen LogP contribution in [-0.4, -0.2) is 31.9 Å². The highest BCUT2D eigenvalue weighted by molar-refractivity contribution is 7.77. The molecule has 15 heavy (non-hydrogen) atoms. The number of thiol groups is 1. The SMILES string of the molecule is O=C(NO)c1cnc2c(n1)CN(S)CC2. The standard InChI is InChI=1S/C8H10N4O2S/c13-8(11-14)6-3-9-5-1-2-12(15)4-7(5)10-6/h3,14-15H,1-2,4H2,(H,11,13). The Kier molecular flexibility index (Phi) is 2.85. The fourth-order valence-electron chi connectivity index (χ4n) is 1.44. The van der Waals surface area contributed by atoms with E-state index in [2.05, 4.69) is 22.8 Å². The monoisotopic (exact) mass is 226 g/mol. The van der Waals surface area contributed by atoms with Gasteiger partial charge in [0.2, 0.25) is 0 Å². The minimum atomic E-state index is -0.651. The van der Waals surface area contributed by atoms with Crippen molar-refractivity contribution in [1.82, 2.24) is 19.8 Å². The minimum absolute atomic E-state index is 0.111. The van der Waals surface area contributed by atoms with Crippen molar-refractivity contribution in [1.29, 1.82) is 0 Å². The summed E-state index contributed by atoms with van der Waals surface area (Å²) in [5, 5.41) is 8.45. The molecule has 0 atom stereocenters. The number of nitrogens with one attached hydrogen (secondary N) is 1. The first kappa shape index (κ1) is 10.3. The van der Waals surface area contributed by atoms with E-state index in [0.717, 1.165) is 24.4 Å². The van der Waals surface area contributed by atoms with Gasteiger partial charge in [0, 0.05) is 13.0 Å². The van der Waals surface area contributed by atoms with Gasteiger partial charge < -0.3 is 0 Å². The molecule has 0 saturated heterocycles. The zero-order valence-electron chi connectivity index (χ0n) is 7.84. The molecular formula is C8H10N4O2S. The molecule has 2 heterocycles. The number of hydrogen-bond acceptors (Lipinski definition) is 6. The van der Waals surface area contributed by atoms with Gasteiger partial charge in [0.05, 0.1) is 24.1 Å². The van der Waals surface area contributed by atoms with Gasteiger partial charge >= 0.3 is 0 Å². The lowest BCUT2D eigenvalue weighted by atomic mass is 10.1. The summed E-state index contributed by atoms with van der Waals surface area (Å²) in [5.41, 5.74) is 3.25. The first-order valence-corrected chi connectivity index (χ1v) is 4.83. The van der Waals surface area contributed by atoms with E-state index in [-0.39, 0.29) is 5.69 Å². The molecule has 0 bridgehead atoms. The van der Waals surface area contributed by atoms with Gasteiger partial charge in [-0.3, -0.25) is 15.0 Å². The van der Waals surface area contributed by atoms with Crippen LogP contribution in [0.3, 0.4) is 0 Å². The predicted molar refractivity (Wildman–Crippen MR) is 54.4 cm³/mol. The van der Waals surface area contributed by atoms with Crippen molar-refractivity contribution in [2.24, 2.45) is 0 Å². The fourth-order valence-corrected chi connectivity index (χ4v) is 1.68. The maximum atomic E-state index is 11.1. The third kappa shape index (κ3) is 2.09. The first-order valence-electron chi connectivity index (χ1n) is 4.43. The van der Waals surface area contributed by atoms with Crippen molar-refractivity contribution in [2.75, 3.05) is 6.54 Å². The van der Waals surface area contributed by atoms with Crippen LogP contribution in [0, 0.1) is 0 Å². The second kappa shape index (κ2) is 4.13. The van der Waals surface area contributed by atoms with Gasteiger partial charge in [-0.25, -0.2) is 14.8 Å². The van der Waals surface area contributed by atoms with Gasteiger partial charge in [0.15, 0.2) is 0 Å². The number of hydroxylamine groups is 1. The van der Waals surface area contributed by atoms with Crippen LogP contribution in [0.2, 0.25) is 0 Å². The number of nitrogens with zero attached hydrogens (tertiary/aromatic N) is 3. The Morgan fingerprint density at radius 1 is 1.60 bits per heavy atom. The van der Waals surface area contributed by atoms with Gasteiger partial charge in [-0.05, 0) is 0 Å². The molecule has 1 aliphatic heterocycles. The van der Waals surface area contributed by atoms with Crippen molar-refractivity contribution in [3.63, 3.8) is 0 Å². The Bertz CT molecular complexity index is 398. The molecule has 7 heteroatoms. The summed E-state index contributed by atoms with van der Waals surface area (Å²) >= 11 is 4.21. The van der Waals surface area contributed by atoms with Gasteiger partial charge in [0.25, 0.3) is 5.91 Å². The van der Waals surface area contributed by atoms with E-state index in [1.807, 2.05) is 0 Å². The average Bonchev–Trinajstić information content (AvgIpc) is 2.27. The van der Waals surface area contributed by atoms with Gasteiger partial charge in [-0.1, -0.05) is 12.8 Å². The van der Waals surface area contributed by atoms with Gasteiger partial charge in [-0.15, -0.1) is 0 Å². The number of amides is 1. The van der Waals surface area contributed by atoms with E-state index >= 15 is 0 Å². The van der Waals surface area contributed by atoms with Crippen LogP contribution in [0.5, 0.6) is 0 Å². The van der Waals surface area contributed by atoms with Crippen molar-refractivity contribution < 1.29 is 10.0 Å². The summed E-state index contributed by atoms with van der Waals surface area (Å²) in [6.07, 6.45) is 2.13. The lowest BCUT2D eigenvalue weighted by Gasteiger charge is -2.21. The molecule has 6 nitrogen and oxygen atoms in total. The molecule has 0 fully saturated rings. The van der Waals surface area contributed by atoms with Crippen LogP contribution in [-0.2, 0) is 13.0 Å². The largest absolute Gasteiger partial charge is 0.294 e. The zero-order valence-corrected chi connectivity index (χ0v) is 8.74. The lowest BCUT2D eigenvalue weighted by Crippen LogP contribution is -2.27. The molecule has 0 spiro atoms. The third-order valence-corrected chi connectivity index (χ3v) is 2.55. The minimum Gasteiger partial charge on any atom is -0.288 e. The second-order valence-electron chi connectivity index (χ2n) is 3.23. The summed E-state index contributed by atoms with van der Waals surface area (Å²) < 4.78 is 1.80. The third-order valence-electron chi connectivity index (χ3n) is 2.20. The van der Waals surface area contributed by atoms with Crippen molar-refractivity contribution >= 4 is 18.7 Å². The highest BCUT2D eigenvalue weighted by atomic mass is 32.1. The average molecular weight is 226 g/mol. The molecule has 1 aromatic rings. The van der Waals surface area contributed by atoms with E-state index in [1.54, 1.807) is 4.31 Å². The van der Waals surface area contributed by atoms with Gasteiger partial charge in [0.1, 0.15) is 5.69 Å². The normalized spacial score (nSPS) is 15.9. The molecule has 1 aromatic heterocycles. The molecule has 1 amide bonds. The number of rotatable bonds is 1. The number of aromatic nitrogens is 2. The van der Waals surface area contributed by atoms with Crippen LogP contribution in [0.1, 0.15) is 21.9 Å². The topological polar surface area (TPSA) is 78.3 Å². The Morgan fingerprint density at radius 3 is 3.13 bits per heavy atom. The van der Waals surface area contributed by atoms with Crippen molar-refractivity contribution in [2.45, 2.75) is 13.0 Å². The van der Waals surface area contributed by atoms with Crippen molar-refractivity contribution in [3.8, 4) is 0 Å². The maximum Gasteiger partial charge on any atom is 0.294 e. The number of carbonyl (C=O) groups is 1. The van der Waals surface area contributed by atoms with E-state index in [9.17, 15) is 4.79 Å². The molecule has 0 saturated carbocycles. The molecule has 0 aliphatic carbocycles. The molecular weight excluding hydrogens is 216 g/mol. The quantitative estimate of drug-likeness (QED) is 0.351. The van der Waals surface area contributed by atoms with E-state index < -0.39 is 5.91 Å². The van der Waals surface area contributed by atoms with Crippen LogP contribution < -0.4 is 5.48 Å². The molecule has 2 N–H and O–H groups in total. The number of carbonyl (C=O) groups excluding carboxylic acids is 1. The molecule has 0 aromatic carbocycles. The fraction of sp³-hybridized carbons (Fsp3) is 0.375. The molecule has 2 rings (SSSR count). The summed E-state index contributed by atoms with van der Waals surface area (Å²) in [5.74, 6) is -0.651. The Hall–Kier alpha value is -1.18. The molecule has 0 radical (unpaired) electrons. The molecule has 0 unspecified atom stereocenters. The maximum absolute atomic E-state index is 11.1. The summed E-state index contributed by atoms with van der Waals surface area (Å²) in [7, 11) is 0. The smallest absolute Gasteiger partial charge is 0.288 e. The number of fused-ring (bicyclic) bond motifs is 1. The van der Waals surface area contributed by atoms with Crippen LogP contribution in [0.4, 0.5) is 0 Å². The first-order chi connectivity index (χ1) is 7.20. The van der Waals surface area contributed by atoms with Crippen LogP contribution in [0.15, 0.2) is 6.20 Å². The highest BCUT2D eigenvalue weighted by Gasteiger charge is 2.18. The second-order valence-corrected chi connectivity index (χ2v) is 3.79. The van der Waals surface area contributed by atoms with Gasteiger partial charge in [-0.2, -0.15) is 0 Å². The summed E-state index contributed by atoms with van der Waals surface area (Å²) in [6.45, 7) is 1.37. The molecule has 80 valence electrons. The zero-order chi connectivity index (χ0) is 10.8. The predicted octanol–water partition coefficient (Wildman–Crippen LogP) is -0.201. The number of hydrogen-bond donors (Lipinski definition) is 3. The van der Waals surface area contributed by atoms with E-state index in [4.69, 9.17) is 5.21 Å². The van der Waals surface area contributed by atoms with Crippen molar-refractivity contribution in [3.05, 3.63) is 23.3 Å². The highest BCUT2D eigenvalue weighted by Crippen LogP contribution is 2.16. The van der Waals surface area contributed by atoms with Crippen LogP contribution in [0.25, 0.3) is 0 Å². The van der Waals surface area contributed by atoms with Crippen LogP contribution >= 0.6 is 12.8 Å². The molecule has 1 aliphatic rings. The Morgan fingerprint density at radius 2 is 2.40 bits per heavy atom. The lowest BCUT2D eigenvalue weighted by molar-refractivity contribution is 0.0699. The summed E-state index contributed by atoms with van der Waals surface area (Å²) in [4.78, 5) is 19.3. The van der Waals surface area contributed by atoms with E-state index in [1.165, 1.54) is 11.7 Å². The Labute approximate surface area is 91.8 Å². The Balaban J connectivity index is 2.32. The van der Waals surface area contributed by atoms with E-state index in [0.29, 0.717) is 6.54 Å². The summed E-state index contributed by atoms with van der Waals surface area (Å²) in [6, 6.07) is 0.